The molecule has 25 heavy (non-hydrogen) atoms. The second kappa shape index (κ2) is 6.93. The maximum atomic E-state index is 11.9. The van der Waals surface area contributed by atoms with Crippen molar-refractivity contribution in [2.45, 2.75) is 23.4 Å². The summed E-state index contributed by atoms with van der Waals surface area (Å²) in [6, 6.07) is 10.5. The van der Waals surface area contributed by atoms with Crippen LogP contribution in [-0.2, 0) is 11.8 Å². The van der Waals surface area contributed by atoms with Crippen LogP contribution in [0.4, 0.5) is 5.13 Å². The summed E-state index contributed by atoms with van der Waals surface area (Å²) in [5.41, 5.74) is 2.93. The van der Waals surface area contributed by atoms with Crippen molar-refractivity contribution in [1.82, 2.24) is 25.0 Å². The molecule has 1 N–H and O–H groups in total. The summed E-state index contributed by atoms with van der Waals surface area (Å²) < 4.78 is 2.00. The van der Waals surface area contributed by atoms with E-state index in [0.717, 1.165) is 17.4 Å². The Labute approximate surface area is 152 Å². The highest BCUT2D eigenvalue weighted by Crippen LogP contribution is 2.54. The van der Waals surface area contributed by atoms with Gasteiger partial charge in [-0.05, 0) is 17.9 Å². The Morgan fingerprint density at radius 2 is 2.12 bits per heavy atom. The van der Waals surface area contributed by atoms with E-state index in [9.17, 15) is 4.79 Å². The Kier molecular flexibility index (Phi) is 4.50. The van der Waals surface area contributed by atoms with Gasteiger partial charge in [0.05, 0.1) is 5.75 Å². The van der Waals surface area contributed by atoms with E-state index in [1.807, 2.05) is 17.7 Å². The Morgan fingerprint density at radius 3 is 2.88 bits per heavy atom. The molecule has 0 aliphatic heterocycles. The minimum Gasteiger partial charge on any atom is -0.309 e. The van der Waals surface area contributed by atoms with Gasteiger partial charge in [-0.3, -0.25) is 10.1 Å². The SMILES string of the molecule is Cn1c(SCC(=O)Nc2nncs2)nnc1C1CC1c1ccccc1. The smallest absolute Gasteiger partial charge is 0.236 e. The number of nitrogens with one attached hydrogen (secondary N) is 1. The quantitative estimate of drug-likeness (QED) is 0.670. The number of anilines is 1. The number of carbonyl (C=O) groups excluding carboxylic acids is 1. The van der Waals surface area contributed by atoms with Crippen LogP contribution in [0, 0.1) is 0 Å². The molecule has 128 valence electrons. The van der Waals surface area contributed by atoms with Crippen LogP contribution >= 0.6 is 23.1 Å². The van der Waals surface area contributed by atoms with Gasteiger partial charge in [0.25, 0.3) is 0 Å². The Morgan fingerprint density at radius 1 is 1.28 bits per heavy atom. The molecule has 1 aromatic carbocycles. The Balaban J connectivity index is 1.36. The van der Waals surface area contributed by atoms with Crippen LogP contribution in [0.1, 0.15) is 29.6 Å². The fourth-order valence-electron chi connectivity index (χ4n) is 2.84. The first-order valence-corrected chi connectivity index (χ1v) is 9.72. The van der Waals surface area contributed by atoms with Gasteiger partial charge in [-0.2, -0.15) is 0 Å². The summed E-state index contributed by atoms with van der Waals surface area (Å²) in [7, 11) is 1.96. The predicted octanol–water partition coefficient (Wildman–Crippen LogP) is 2.67. The molecular weight excluding hydrogens is 356 g/mol. The van der Waals surface area contributed by atoms with Gasteiger partial charge in [0.2, 0.25) is 11.0 Å². The summed E-state index contributed by atoms with van der Waals surface area (Å²) in [5, 5.41) is 20.0. The first kappa shape index (κ1) is 16.2. The minimum absolute atomic E-state index is 0.125. The fraction of sp³-hybridized carbons (Fsp3) is 0.312. The molecule has 0 spiro atoms. The number of carbonyl (C=O) groups is 1. The van der Waals surface area contributed by atoms with E-state index in [0.29, 0.717) is 17.0 Å². The standard InChI is InChI=1S/C16H16N6OS2/c1-22-14(12-7-11(12)10-5-3-2-4-6-10)19-21-16(22)24-8-13(23)18-15-20-17-9-25-15/h2-6,9,11-12H,7-8H2,1H3,(H,18,20,23). The zero-order valence-corrected chi connectivity index (χ0v) is 15.1. The van der Waals surface area contributed by atoms with E-state index in [4.69, 9.17) is 0 Å². The summed E-state index contributed by atoms with van der Waals surface area (Å²) >= 11 is 2.67. The van der Waals surface area contributed by atoms with E-state index < -0.39 is 0 Å². The van der Waals surface area contributed by atoms with Crippen LogP contribution < -0.4 is 5.32 Å². The third-order valence-electron chi connectivity index (χ3n) is 4.16. The molecule has 2 heterocycles. The lowest BCUT2D eigenvalue weighted by Gasteiger charge is -2.04. The van der Waals surface area contributed by atoms with Crippen molar-refractivity contribution in [2.24, 2.45) is 7.05 Å². The zero-order valence-electron chi connectivity index (χ0n) is 13.5. The van der Waals surface area contributed by atoms with Crippen molar-refractivity contribution in [3.8, 4) is 0 Å². The average molecular weight is 372 g/mol. The predicted molar refractivity (Wildman–Crippen MR) is 96.8 cm³/mol. The molecule has 1 fully saturated rings. The third-order valence-corrected chi connectivity index (χ3v) is 5.78. The van der Waals surface area contributed by atoms with Crippen molar-refractivity contribution < 1.29 is 4.79 Å². The van der Waals surface area contributed by atoms with Gasteiger partial charge < -0.3 is 4.57 Å². The number of aromatic nitrogens is 5. The van der Waals surface area contributed by atoms with Crippen LogP contribution in [0.15, 0.2) is 41.0 Å². The summed E-state index contributed by atoms with van der Waals surface area (Å²) in [5.74, 6) is 2.05. The summed E-state index contributed by atoms with van der Waals surface area (Å²) in [6.07, 6.45) is 1.10. The molecule has 1 aliphatic rings. The highest BCUT2D eigenvalue weighted by Gasteiger charge is 2.42. The average Bonchev–Trinajstić information content (AvgIpc) is 3.08. The number of thioether (sulfide) groups is 1. The van der Waals surface area contributed by atoms with Crippen LogP contribution in [0.5, 0.6) is 0 Å². The Bertz CT molecular complexity index is 864. The molecule has 9 heteroatoms. The second-order valence-corrected chi connectivity index (χ2v) is 7.62. The van der Waals surface area contributed by atoms with Gasteiger partial charge in [-0.1, -0.05) is 53.4 Å². The molecule has 0 saturated heterocycles. The lowest BCUT2D eigenvalue weighted by atomic mass is 10.1. The molecule has 2 unspecified atom stereocenters. The molecule has 1 amide bonds. The van der Waals surface area contributed by atoms with Crippen molar-refractivity contribution in [2.75, 3.05) is 11.1 Å². The molecule has 0 radical (unpaired) electrons. The van der Waals surface area contributed by atoms with Crippen LogP contribution in [0.3, 0.4) is 0 Å². The van der Waals surface area contributed by atoms with E-state index in [1.54, 1.807) is 5.51 Å². The van der Waals surface area contributed by atoms with Crippen LogP contribution in [-0.4, -0.2) is 36.6 Å². The summed E-state index contributed by atoms with van der Waals surface area (Å²) in [6.45, 7) is 0. The van der Waals surface area contributed by atoms with Gasteiger partial charge in [0.15, 0.2) is 5.16 Å². The molecule has 3 aromatic rings. The van der Waals surface area contributed by atoms with Crippen molar-refractivity contribution in [3.05, 3.63) is 47.2 Å². The molecule has 7 nitrogen and oxygen atoms in total. The highest BCUT2D eigenvalue weighted by atomic mass is 32.2. The molecule has 2 aromatic heterocycles. The highest BCUT2D eigenvalue weighted by molar-refractivity contribution is 7.99. The van der Waals surface area contributed by atoms with Crippen LogP contribution in [0.2, 0.25) is 0 Å². The maximum absolute atomic E-state index is 11.9. The van der Waals surface area contributed by atoms with Crippen molar-refractivity contribution in [1.29, 1.82) is 0 Å². The number of hydrogen-bond donors (Lipinski definition) is 1. The van der Waals surface area contributed by atoms with Crippen molar-refractivity contribution in [3.63, 3.8) is 0 Å². The van der Waals surface area contributed by atoms with Gasteiger partial charge in [0, 0.05) is 13.0 Å². The monoisotopic (exact) mass is 372 g/mol. The number of benzene rings is 1. The fourth-order valence-corrected chi connectivity index (χ4v) is 4.02. The number of rotatable bonds is 6. The van der Waals surface area contributed by atoms with Gasteiger partial charge in [-0.15, -0.1) is 20.4 Å². The molecule has 1 aliphatic carbocycles. The number of hydrogen-bond acceptors (Lipinski definition) is 7. The molecule has 2 atom stereocenters. The first-order chi connectivity index (χ1) is 12.2. The molecule has 0 bridgehead atoms. The molecule has 4 rings (SSSR count). The van der Waals surface area contributed by atoms with E-state index >= 15 is 0 Å². The van der Waals surface area contributed by atoms with Crippen LogP contribution in [0.25, 0.3) is 0 Å². The maximum Gasteiger partial charge on any atom is 0.236 e. The molecular formula is C16H16N6OS2. The lowest BCUT2D eigenvalue weighted by molar-refractivity contribution is -0.113. The number of amides is 1. The second-order valence-electron chi connectivity index (χ2n) is 5.84. The van der Waals surface area contributed by atoms with Gasteiger partial charge in [0.1, 0.15) is 11.3 Å². The normalized spacial score (nSPS) is 18.9. The van der Waals surface area contributed by atoms with E-state index in [1.165, 1.54) is 28.7 Å². The van der Waals surface area contributed by atoms with E-state index in [2.05, 4.69) is 50.0 Å². The minimum atomic E-state index is -0.125. The zero-order chi connectivity index (χ0) is 17.2. The number of nitrogens with zero attached hydrogens (tertiary/aromatic N) is 5. The third kappa shape index (κ3) is 3.57. The first-order valence-electron chi connectivity index (χ1n) is 7.85. The van der Waals surface area contributed by atoms with E-state index in [-0.39, 0.29) is 11.7 Å². The Hall–Kier alpha value is -2.26. The van der Waals surface area contributed by atoms with Gasteiger partial charge >= 0.3 is 0 Å². The largest absolute Gasteiger partial charge is 0.309 e. The molecule has 1 saturated carbocycles. The van der Waals surface area contributed by atoms with Crippen molar-refractivity contribution >= 4 is 34.1 Å². The van der Waals surface area contributed by atoms with Gasteiger partial charge in [-0.25, -0.2) is 0 Å². The topological polar surface area (TPSA) is 85.6 Å². The lowest BCUT2D eigenvalue weighted by Crippen LogP contribution is -2.14. The summed E-state index contributed by atoms with van der Waals surface area (Å²) in [4.78, 5) is 11.9.